The molecule has 4 fully saturated rings. The predicted molar refractivity (Wildman–Crippen MR) is 48.0 cm³/mol. The minimum atomic E-state index is -1.21. The van der Waals surface area contributed by atoms with Crippen LogP contribution in [0.3, 0.4) is 0 Å². The van der Waals surface area contributed by atoms with Crippen molar-refractivity contribution in [3.63, 3.8) is 0 Å². The van der Waals surface area contributed by atoms with Crippen molar-refractivity contribution >= 4 is 0 Å². The van der Waals surface area contributed by atoms with E-state index in [1.165, 1.54) is 0 Å². The molecule has 4 aliphatic rings. The lowest BCUT2D eigenvalue weighted by Gasteiger charge is -2.40. The Labute approximate surface area is 91.7 Å². The number of aliphatic hydroxyl groups excluding tert-OH is 2. The van der Waals surface area contributed by atoms with Crippen molar-refractivity contribution in [2.24, 2.45) is 17.8 Å². The van der Waals surface area contributed by atoms with Crippen molar-refractivity contribution < 1.29 is 29.5 Å². The molecule has 0 aromatic rings. The lowest BCUT2D eigenvalue weighted by Crippen LogP contribution is -2.56. The lowest BCUT2D eigenvalue weighted by molar-refractivity contribution is -0.281. The van der Waals surface area contributed by atoms with Crippen LogP contribution in [0.1, 0.15) is 0 Å². The first kappa shape index (κ1) is 9.76. The largest absolute Gasteiger partial charge is 0.396 e. The van der Waals surface area contributed by atoms with Gasteiger partial charge in [0.25, 0.3) is 0 Å². The predicted octanol–water partition coefficient (Wildman–Crippen LogP) is -1.96. The summed E-state index contributed by atoms with van der Waals surface area (Å²) in [6.45, 7) is 0.171. The standard InChI is InChI=1S/C10H14O6/c11-1-4-8-15-7-6(12)3-2-14-9(16-8)5(3)10(4,7)13/h3-9,11-13H,1-2H2. The normalized spacial score (nSPS) is 66.6. The molecule has 0 aromatic carbocycles. The zero-order valence-electron chi connectivity index (χ0n) is 8.52. The van der Waals surface area contributed by atoms with Crippen LogP contribution in [0, 0.1) is 17.8 Å². The van der Waals surface area contributed by atoms with Crippen molar-refractivity contribution in [3.8, 4) is 0 Å². The zero-order valence-corrected chi connectivity index (χ0v) is 8.52. The number of hydrogen-bond acceptors (Lipinski definition) is 6. The zero-order chi connectivity index (χ0) is 11.1. The van der Waals surface area contributed by atoms with Gasteiger partial charge in [-0.2, -0.15) is 0 Å². The van der Waals surface area contributed by atoms with Gasteiger partial charge in [-0.25, -0.2) is 0 Å². The highest BCUT2D eigenvalue weighted by molar-refractivity contribution is 5.20. The molecule has 4 rings (SSSR count). The summed E-state index contributed by atoms with van der Waals surface area (Å²) in [6, 6.07) is 0. The number of fused-ring (bicyclic) bond motifs is 1. The summed E-state index contributed by atoms with van der Waals surface area (Å²) in [5, 5.41) is 30.1. The number of rotatable bonds is 1. The van der Waals surface area contributed by atoms with Crippen molar-refractivity contribution in [1.29, 1.82) is 0 Å². The summed E-state index contributed by atoms with van der Waals surface area (Å²) in [6.07, 6.45) is -2.57. The van der Waals surface area contributed by atoms with E-state index in [2.05, 4.69) is 0 Å². The van der Waals surface area contributed by atoms with E-state index in [1.807, 2.05) is 0 Å². The summed E-state index contributed by atoms with van der Waals surface area (Å²) in [5.74, 6) is -0.932. The third kappa shape index (κ3) is 0.805. The minimum absolute atomic E-state index is 0.157. The topological polar surface area (TPSA) is 88.4 Å². The smallest absolute Gasteiger partial charge is 0.169 e. The lowest BCUT2D eigenvalue weighted by atomic mass is 9.76. The molecule has 0 amide bonds. The molecule has 0 aromatic heterocycles. The Morgan fingerprint density at radius 2 is 2.06 bits per heavy atom. The van der Waals surface area contributed by atoms with E-state index in [0.717, 1.165) is 0 Å². The van der Waals surface area contributed by atoms with Gasteiger partial charge in [0.05, 0.1) is 25.2 Å². The summed E-state index contributed by atoms with van der Waals surface area (Å²) in [7, 11) is 0. The third-order valence-corrected chi connectivity index (χ3v) is 4.61. The summed E-state index contributed by atoms with van der Waals surface area (Å²) in [4.78, 5) is 0. The molecule has 1 aliphatic carbocycles. The van der Waals surface area contributed by atoms with Crippen molar-refractivity contribution in [1.82, 2.24) is 0 Å². The van der Waals surface area contributed by atoms with E-state index in [9.17, 15) is 15.3 Å². The Bertz CT molecular complexity index is 335. The Hall–Kier alpha value is -0.240. The second-order valence-electron chi connectivity index (χ2n) is 5.12. The molecular formula is C10H14O6. The molecular weight excluding hydrogens is 216 g/mol. The van der Waals surface area contributed by atoms with Gasteiger partial charge >= 0.3 is 0 Å². The van der Waals surface area contributed by atoms with Crippen LogP contribution in [0.5, 0.6) is 0 Å². The number of ether oxygens (including phenoxy) is 3. The van der Waals surface area contributed by atoms with Crippen molar-refractivity contribution in [3.05, 3.63) is 0 Å². The van der Waals surface area contributed by atoms with Crippen LogP contribution in [0.25, 0.3) is 0 Å². The Kier molecular flexibility index (Phi) is 1.69. The van der Waals surface area contributed by atoms with Crippen molar-refractivity contribution in [2.45, 2.75) is 30.4 Å². The molecule has 3 N–H and O–H groups in total. The van der Waals surface area contributed by atoms with Gasteiger partial charge < -0.3 is 29.5 Å². The highest BCUT2D eigenvalue weighted by atomic mass is 16.8. The molecule has 1 saturated carbocycles. The van der Waals surface area contributed by atoms with E-state index in [0.29, 0.717) is 6.61 Å². The molecule has 8 atom stereocenters. The molecule has 16 heavy (non-hydrogen) atoms. The second-order valence-corrected chi connectivity index (χ2v) is 5.12. The first-order valence-corrected chi connectivity index (χ1v) is 5.61. The highest BCUT2D eigenvalue weighted by Gasteiger charge is 2.76. The monoisotopic (exact) mass is 230 g/mol. The van der Waals surface area contributed by atoms with Gasteiger partial charge in [-0.3, -0.25) is 0 Å². The molecule has 0 radical (unpaired) electrons. The van der Waals surface area contributed by atoms with Crippen LogP contribution in [0.4, 0.5) is 0 Å². The summed E-state index contributed by atoms with van der Waals surface area (Å²) >= 11 is 0. The molecule has 8 unspecified atom stereocenters. The van der Waals surface area contributed by atoms with E-state index in [-0.39, 0.29) is 18.4 Å². The molecule has 3 saturated heterocycles. The summed E-state index contributed by atoms with van der Waals surface area (Å²) < 4.78 is 16.5. The van der Waals surface area contributed by atoms with Gasteiger partial charge in [0, 0.05) is 11.8 Å². The molecule has 2 bridgehead atoms. The van der Waals surface area contributed by atoms with Gasteiger partial charge in [0.15, 0.2) is 12.6 Å². The van der Waals surface area contributed by atoms with Crippen LogP contribution < -0.4 is 0 Å². The van der Waals surface area contributed by atoms with Crippen molar-refractivity contribution in [2.75, 3.05) is 13.2 Å². The third-order valence-electron chi connectivity index (χ3n) is 4.61. The van der Waals surface area contributed by atoms with Crippen LogP contribution in [-0.2, 0) is 14.2 Å². The number of hydrogen-bond donors (Lipinski definition) is 3. The molecule has 6 heteroatoms. The van der Waals surface area contributed by atoms with E-state index < -0.39 is 36.3 Å². The summed E-state index contributed by atoms with van der Waals surface area (Å²) in [5.41, 5.74) is -1.21. The SMILES string of the molecule is OCC1C2OC3OCC4C(O)C(O2)C1(O)C34. The van der Waals surface area contributed by atoms with Gasteiger partial charge in [0.1, 0.15) is 11.7 Å². The first-order chi connectivity index (χ1) is 7.67. The average molecular weight is 230 g/mol. The molecule has 6 nitrogen and oxygen atoms in total. The van der Waals surface area contributed by atoms with E-state index in [4.69, 9.17) is 14.2 Å². The fraction of sp³-hybridized carbons (Fsp3) is 1.00. The molecule has 0 spiro atoms. The molecule has 3 heterocycles. The van der Waals surface area contributed by atoms with Gasteiger partial charge in [-0.15, -0.1) is 0 Å². The Morgan fingerprint density at radius 1 is 1.25 bits per heavy atom. The Balaban J connectivity index is 1.86. The average Bonchev–Trinajstić information content (AvgIpc) is 2.82. The van der Waals surface area contributed by atoms with E-state index in [1.54, 1.807) is 0 Å². The molecule has 3 aliphatic heterocycles. The first-order valence-electron chi connectivity index (χ1n) is 5.61. The number of aliphatic hydroxyl groups is 3. The quantitative estimate of drug-likeness (QED) is 0.485. The van der Waals surface area contributed by atoms with Gasteiger partial charge in [-0.05, 0) is 0 Å². The Morgan fingerprint density at radius 3 is 2.81 bits per heavy atom. The highest BCUT2D eigenvalue weighted by Crippen LogP contribution is 2.60. The maximum atomic E-state index is 10.7. The van der Waals surface area contributed by atoms with Crippen LogP contribution in [0.2, 0.25) is 0 Å². The fourth-order valence-corrected chi connectivity index (χ4v) is 3.90. The van der Waals surface area contributed by atoms with Crippen LogP contribution in [-0.4, -0.2) is 58.9 Å². The molecule has 90 valence electrons. The van der Waals surface area contributed by atoms with Gasteiger partial charge in [-0.1, -0.05) is 0 Å². The second kappa shape index (κ2) is 2.77. The van der Waals surface area contributed by atoms with Crippen LogP contribution >= 0.6 is 0 Å². The maximum absolute atomic E-state index is 10.7. The maximum Gasteiger partial charge on any atom is 0.169 e. The van der Waals surface area contributed by atoms with E-state index >= 15 is 0 Å². The minimum Gasteiger partial charge on any atom is -0.396 e. The van der Waals surface area contributed by atoms with Crippen LogP contribution in [0.15, 0.2) is 0 Å². The fourth-order valence-electron chi connectivity index (χ4n) is 3.90. The van der Waals surface area contributed by atoms with Gasteiger partial charge in [0.2, 0.25) is 0 Å².